The molecule has 0 spiro atoms. The zero-order valence-electron chi connectivity index (χ0n) is 11.3. The predicted molar refractivity (Wildman–Crippen MR) is 69.7 cm³/mol. The van der Waals surface area contributed by atoms with Gasteiger partial charge in [0.05, 0.1) is 5.56 Å². The quantitative estimate of drug-likeness (QED) is 0.866. The Bertz CT molecular complexity index is 467. The van der Waals surface area contributed by atoms with Crippen LogP contribution in [-0.2, 0) is 15.7 Å². The summed E-state index contributed by atoms with van der Waals surface area (Å²) in [5.41, 5.74) is 4.92. The molecule has 1 aliphatic rings. The minimum absolute atomic E-state index is 0.0897. The largest absolute Gasteiger partial charge is 0.418 e. The number of hydrogen-bond donors (Lipinski definition) is 1. The predicted octanol–water partition coefficient (Wildman–Crippen LogP) is 2.14. The van der Waals surface area contributed by atoms with Gasteiger partial charge in [0.15, 0.2) is 0 Å². The van der Waals surface area contributed by atoms with Gasteiger partial charge in [-0.15, -0.1) is 0 Å². The van der Waals surface area contributed by atoms with E-state index >= 15 is 0 Å². The van der Waals surface area contributed by atoms with Crippen LogP contribution >= 0.6 is 0 Å². The number of nitrogens with zero attached hydrogens (tertiary/aromatic N) is 1. The second-order valence-electron chi connectivity index (χ2n) is 4.73. The third-order valence-corrected chi connectivity index (χ3v) is 3.49. The van der Waals surface area contributed by atoms with Crippen LogP contribution in [0, 0.1) is 0 Å². The highest BCUT2D eigenvalue weighted by atomic mass is 19.4. The Morgan fingerprint density at radius 2 is 1.70 bits per heavy atom. The van der Waals surface area contributed by atoms with Crippen LogP contribution in [0.2, 0.25) is 0 Å². The van der Waals surface area contributed by atoms with Gasteiger partial charge in [-0.05, 0) is 18.2 Å². The lowest BCUT2D eigenvalue weighted by molar-refractivity contribution is -0.137. The summed E-state index contributed by atoms with van der Waals surface area (Å²) in [5.74, 6) is 0. The molecule has 20 heavy (non-hydrogen) atoms. The first-order chi connectivity index (χ1) is 9.36. The third-order valence-electron chi connectivity index (χ3n) is 3.49. The van der Waals surface area contributed by atoms with Crippen LogP contribution in [0.15, 0.2) is 18.2 Å². The molecule has 0 saturated carbocycles. The molecule has 2 unspecified atom stereocenters. The van der Waals surface area contributed by atoms with Crippen LogP contribution < -0.4 is 10.6 Å². The standard InChI is InChI=1S/C13H17F3N2O2/c1-19-11-6-18(7-12(11)20-2)10-4-3-8(17)5-9(10)13(14,15)16/h3-5,11-12H,6-7,17H2,1-2H3. The lowest BCUT2D eigenvalue weighted by Gasteiger charge is -2.23. The minimum Gasteiger partial charge on any atom is -0.399 e. The van der Waals surface area contributed by atoms with Gasteiger partial charge in [0.25, 0.3) is 0 Å². The van der Waals surface area contributed by atoms with E-state index in [0.29, 0.717) is 13.1 Å². The van der Waals surface area contributed by atoms with Gasteiger partial charge in [-0.1, -0.05) is 0 Å². The van der Waals surface area contributed by atoms with E-state index in [1.54, 1.807) is 4.90 Å². The summed E-state index contributed by atoms with van der Waals surface area (Å²) in [6, 6.07) is 3.81. The zero-order chi connectivity index (χ0) is 14.9. The Labute approximate surface area is 115 Å². The first-order valence-corrected chi connectivity index (χ1v) is 6.14. The number of hydrogen-bond acceptors (Lipinski definition) is 4. The molecule has 0 amide bonds. The highest BCUT2D eigenvalue weighted by molar-refractivity contribution is 5.61. The molecule has 0 aromatic heterocycles. The second-order valence-corrected chi connectivity index (χ2v) is 4.73. The topological polar surface area (TPSA) is 47.7 Å². The van der Waals surface area contributed by atoms with E-state index < -0.39 is 11.7 Å². The normalized spacial score (nSPS) is 23.4. The lowest BCUT2D eigenvalue weighted by atomic mass is 10.1. The number of anilines is 2. The lowest BCUT2D eigenvalue weighted by Crippen LogP contribution is -2.27. The molecule has 2 rings (SSSR count). The molecule has 1 aromatic rings. The molecule has 7 heteroatoms. The van der Waals surface area contributed by atoms with Crippen molar-refractivity contribution in [3.8, 4) is 0 Å². The van der Waals surface area contributed by atoms with Crippen LogP contribution in [-0.4, -0.2) is 39.5 Å². The average Bonchev–Trinajstić information content (AvgIpc) is 2.80. The third kappa shape index (κ3) is 2.83. The number of benzene rings is 1. The number of nitrogen functional groups attached to an aromatic ring is 1. The van der Waals surface area contributed by atoms with Crippen LogP contribution in [0.4, 0.5) is 24.5 Å². The van der Waals surface area contributed by atoms with Gasteiger partial charge < -0.3 is 20.1 Å². The van der Waals surface area contributed by atoms with Gasteiger partial charge in [-0.3, -0.25) is 0 Å². The van der Waals surface area contributed by atoms with Gasteiger partial charge in [-0.25, -0.2) is 0 Å². The SMILES string of the molecule is COC1CN(c2ccc(N)cc2C(F)(F)F)CC1OC. The second kappa shape index (κ2) is 5.49. The molecule has 0 radical (unpaired) electrons. The zero-order valence-corrected chi connectivity index (χ0v) is 11.3. The summed E-state index contributed by atoms with van der Waals surface area (Å²) in [7, 11) is 3.04. The Kier molecular flexibility index (Phi) is 4.10. The molecule has 1 fully saturated rings. The van der Waals surface area contributed by atoms with Gasteiger partial charge in [-0.2, -0.15) is 13.2 Å². The van der Waals surface area contributed by atoms with Gasteiger partial charge >= 0.3 is 6.18 Å². The molecule has 1 aromatic carbocycles. The first kappa shape index (κ1) is 14.9. The first-order valence-electron chi connectivity index (χ1n) is 6.14. The number of rotatable bonds is 3. The van der Waals surface area contributed by atoms with Crippen molar-refractivity contribution >= 4 is 11.4 Å². The minimum atomic E-state index is -4.45. The molecule has 0 aliphatic carbocycles. The van der Waals surface area contributed by atoms with Crippen molar-refractivity contribution < 1.29 is 22.6 Å². The summed E-state index contributed by atoms with van der Waals surface area (Å²) in [6.07, 6.45) is -4.95. The molecule has 2 atom stereocenters. The van der Waals surface area contributed by atoms with Crippen molar-refractivity contribution in [2.75, 3.05) is 37.9 Å². The molecule has 4 nitrogen and oxygen atoms in total. The Hall–Kier alpha value is -1.47. The highest BCUT2D eigenvalue weighted by Crippen LogP contribution is 2.39. The van der Waals surface area contributed by atoms with Crippen molar-refractivity contribution in [3.63, 3.8) is 0 Å². The van der Waals surface area contributed by atoms with Crippen molar-refractivity contribution in [3.05, 3.63) is 23.8 Å². The number of halogens is 3. The molecular weight excluding hydrogens is 273 g/mol. The maximum atomic E-state index is 13.1. The van der Waals surface area contributed by atoms with E-state index in [0.717, 1.165) is 6.07 Å². The fraction of sp³-hybridized carbons (Fsp3) is 0.538. The van der Waals surface area contributed by atoms with E-state index in [1.807, 2.05) is 0 Å². The summed E-state index contributed by atoms with van der Waals surface area (Å²) in [4.78, 5) is 1.62. The molecular formula is C13H17F3N2O2. The summed E-state index contributed by atoms with van der Waals surface area (Å²) < 4.78 is 49.8. The van der Waals surface area contributed by atoms with E-state index in [-0.39, 0.29) is 23.6 Å². The number of alkyl halides is 3. The van der Waals surface area contributed by atoms with Gasteiger partial charge in [0, 0.05) is 38.7 Å². The molecule has 2 N–H and O–H groups in total. The molecule has 1 saturated heterocycles. The van der Waals surface area contributed by atoms with Gasteiger partial charge in [0.1, 0.15) is 12.2 Å². The monoisotopic (exact) mass is 290 g/mol. The van der Waals surface area contributed by atoms with Crippen molar-refractivity contribution in [2.45, 2.75) is 18.4 Å². The van der Waals surface area contributed by atoms with Crippen molar-refractivity contribution in [1.29, 1.82) is 0 Å². The average molecular weight is 290 g/mol. The Morgan fingerprint density at radius 3 is 2.15 bits per heavy atom. The summed E-state index contributed by atoms with van der Waals surface area (Å²) >= 11 is 0. The fourth-order valence-electron chi connectivity index (χ4n) is 2.45. The number of nitrogens with two attached hydrogens (primary N) is 1. The van der Waals surface area contributed by atoms with Crippen LogP contribution in [0.25, 0.3) is 0 Å². The van der Waals surface area contributed by atoms with E-state index in [4.69, 9.17) is 15.2 Å². The fourth-order valence-corrected chi connectivity index (χ4v) is 2.45. The van der Waals surface area contributed by atoms with E-state index in [1.165, 1.54) is 26.4 Å². The molecule has 112 valence electrons. The highest BCUT2D eigenvalue weighted by Gasteiger charge is 2.39. The van der Waals surface area contributed by atoms with Crippen molar-refractivity contribution in [1.82, 2.24) is 0 Å². The number of ether oxygens (including phenoxy) is 2. The molecule has 0 bridgehead atoms. The van der Waals surface area contributed by atoms with Crippen molar-refractivity contribution in [2.24, 2.45) is 0 Å². The van der Waals surface area contributed by atoms with Gasteiger partial charge in [0.2, 0.25) is 0 Å². The number of methoxy groups -OCH3 is 2. The van der Waals surface area contributed by atoms with Crippen LogP contribution in [0.1, 0.15) is 5.56 Å². The summed E-state index contributed by atoms with van der Waals surface area (Å²) in [6.45, 7) is 0.698. The summed E-state index contributed by atoms with van der Waals surface area (Å²) in [5, 5.41) is 0. The van der Waals surface area contributed by atoms with Crippen LogP contribution in [0.3, 0.4) is 0 Å². The Balaban J connectivity index is 2.34. The molecule has 1 aliphatic heterocycles. The maximum absolute atomic E-state index is 13.1. The molecule has 1 heterocycles. The maximum Gasteiger partial charge on any atom is 0.418 e. The van der Waals surface area contributed by atoms with E-state index in [2.05, 4.69) is 0 Å². The Morgan fingerprint density at radius 1 is 1.15 bits per heavy atom. The van der Waals surface area contributed by atoms with E-state index in [9.17, 15) is 13.2 Å². The van der Waals surface area contributed by atoms with Crippen LogP contribution in [0.5, 0.6) is 0 Å². The smallest absolute Gasteiger partial charge is 0.399 e.